The van der Waals surface area contributed by atoms with Crippen LogP contribution >= 0.6 is 23.2 Å². The number of piperazine rings is 1. The van der Waals surface area contributed by atoms with Crippen molar-refractivity contribution in [3.8, 4) is 0 Å². The van der Waals surface area contributed by atoms with Crippen molar-refractivity contribution < 1.29 is 27.5 Å². The molecule has 2 fully saturated rings. The number of hydrogen-bond acceptors (Lipinski definition) is 5. The van der Waals surface area contributed by atoms with Crippen molar-refractivity contribution in [1.82, 2.24) is 14.7 Å². The summed E-state index contributed by atoms with van der Waals surface area (Å²) in [5.74, 6) is -2.47. The van der Waals surface area contributed by atoms with Gasteiger partial charge in [0.15, 0.2) is 0 Å². The fourth-order valence-electron chi connectivity index (χ4n) is 4.62. The van der Waals surface area contributed by atoms with Gasteiger partial charge in [0.1, 0.15) is 6.10 Å². The minimum absolute atomic E-state index is 0.0795. The van der Waals surface area contributed by atoms with E-state index in [1.807, 2.05) is 29.2 Å². The molecule has 2 aromatic carbocycles. The minimum Gasteiger partial charge on any atom is -0.452 e. The third-order valence-electron chi connectivity index (χ3n) is 6.54. The number of carbonyl (C=O) groups is 2. The van der Waals surface area contributed by atoms with Crippen LogP contribution in [0.1, 0.15) is 11.1 Å². The zero-order valence-electron chi connectivity index (χ0n) is 19.4. The molecular formula is C25H26Cl2F3N3O3. The molecule has 1 amide bonds. The number of halogens is 5. The highest BCUT2D eigenvalue weighted by Gasteiger charge is 2.47. The van der Waals surface area contributed by atoms with Gasteiger partial charge in [0.25, 0.3) is 0 Å². The molecule has 36 heavy (non-hydrogen) atoms. The van der Waals surface area contributed by atoms with Gasteiger partial charge in [-0.2, -0.15) is 13.2 Å². The van der Waals surface area contributed by atoms with Crippen molar-refractivity contribution in [2.24, 2.45) is 0 Å². The standard InChI is InChI=1S/C25H26Cl2F3N3O3/c26-19-5-1-17(2-6-19)13-23(34)33-15-21(22(16-33)36-24(35)25(28,29)30)32-11-9-31(10-12-32)14-18-3-7-20(27)8-4-18/h1-8,21-22H,9-16H2/t21-,22-/m0/s1. The Morgan fingerprint density at radius 3 is 1.97 bits per heavy atom. The van der Waals surface area contributed by atoms with Gasteiger partial charge in [0.05, 0.1) is 19.0 Å². The summed E-state index contributed by atoms with van der Waals surface area (Å²) < 4.78 is 43.7. The average Bonchev–Trinajstić information content (AvgIpc) is 3.26. The summed E-state index contributed by atoms with van der Waals surface area (Å²) in [5, 5.41) is 1.21. The lowest BCUT2D eigenvalue weighted by Gasteiger charge is -2.39. The van der Waals surface area contributed by atoms with Crippen molar-refractivity contribution in [2.45, 2.75) is 31.3 Å². The Morgan fingerprint density at radius 2 is 1.42 bits per heavy atom. The zero-order valence-corrected chi connectivity index (χ0v) is 20.9. The first kappa shape index (κ1) is 26.7. The van der Waals surface area contributed by atoms with Gasteiger partial charge in [0.2, 0.25) is 5.91 Å². The van der Waals surface area contributed by atoms with Crippen LogP contribution in [0, 0.1) is 0 Å². The number of hydrogen-bond donors (Lipinski definition) is 0. The first-order valence-corrected chi connectivity index (χ1v) is 12.3. The Morgan fingerprint density at radius 1 is 0.861 bits per heavy atom. The Balaban J connectivity index is 1.40. The van der Waals surface area contributed by atoms with Crippen molar-refractivity contribution in [2.75, 3.05) is 39.3 Å². The maximum Gasteiger partial charge on any atom is 0.490 e. The molecule has 0 aliphatic carbocycles. The number of amides is 1. The van der Waals surface area contributed by atoms with E-state index in [-0.39, 0.29) is 25.4 Å². The summed E-state index contributed by atoms with van der Waals surface area (Å²) in [7, 11) is 0. The van der Waals surface area contributed by atoms with Gasteiger partial charge in [-0.1, -0.05) is 47.5 Å². The molecule has 0 spiro atoms. The van der Waals surface area contributed by atoms with Crippen LogP contribution in [-0.2, 0) is 27.3 Å². The van der Waals surface area contributed by atoms with E-state index >= 15 is 0 Å². The van der Waals surface area contributed by atoms with Gasteiger partial charge in [0, 0.05) is 49.3 Å². The summed E-state index contributed by atoms with van der Waals surface area (Å²) in [4.78, 5) is 30.3. The summed E-state index contributed by atoms with van der Waals surface area (Å²) in [5.41, 5.74) is 1.86. The largest absolute Gasteiger partial charge is 0.490 e. The van der Waals surface area contributed by atoms with Crippen LogP contribution in [0.5, 0.6) is 0 Å². The second-order valence-corrected chi connectivity index (χ2v) is 9.92. The van der Waals surface area contributed by atoms with E-state index in [0.717, 1.165) is 17.7 Å². The minimum atomic E-state index is -5.09. The van der Waals surface area contributed by atoms with Crippen LogP contribution in [0.3, 0.4) is 0 Å². The number of esters is 1. The smallest absolute Gasteiger partial charge is 0.452 e. The molecule has 0 radical (unpaired) electrons. The summed E-state index contributed by atoms with van der Waals surface area (Å²) in [6, 6.07) is 13.9. The predicted molar refractivity (Wildman–Crippen MR) is 130 cm³/mol. The molecule has 0 saturated carbocycles. The van der Waals surface area contributed by atoms with Crippen molar-refractivity contribution in [3.63, 3.8) is 0 Å². The van der Waals surface area contributed by atoms with Gasteiger partial charge in [-0.25, -0.2) is 4.79 Å². The summed E-state index contributed by atoms with van der Waals surface area (Å²) >= 11 is 11.8. The van der Waals surface area contributed by atoms with Crippen LogP contribution in [0.4, 0.5) is 13.2 Å². The van der Waals surface area contributed by atoms with Gasteiger partial charge in [-0.3, -0.25) is 14.6 Å². The molecule has 194 valence electrons. The number of nitrogens with zero attached hydrogens (tertiary/aromatic N) is 3. The van der Waals surface area contributed by atoms with Crippen LogP contribution in [0.15, 0.2) is 48.5 Å². The Labute approximate surface area is 217 Å². The number of ether oxygens (including phenoxy) is 1. The molecular weight excluding hydrogens is 518 g/mol. The maximum atomic E-state index is 12.9. The van der Waals surface area contributed by atoms with Crippen molar-refractivity contribution in [1.29, 1.82) is 0 Å². The third kappa shape index (κ3) is 6.91. The second-order valence-electron chi connectivity index (χ2n) is 9.05. The van der Waals surface area contributed by atoms with E-state index in [9.17, 15) is 22.8 Å². The molecule has 2 aromatic rings. The normalized spacial score (nSPS) is 21.5. The zero-order chi connectivity index (χ0) is 25.9. The summed E-state index contributed by atoms with van der Waals surface area (Å²) in [6.45, 7) is 3.39. The fraction of sp³-hybridized carbons (Fsp3) is 0.440. The molecule has 2 aliphatic heterocycles. The SMILES string of the molecule is O=C(Cc1ccc(Cl)cc1)N1C[C@H](OC(=O)C(F)(F)F)[C@@H](N2CCN(Cc3ccc(Cl)cc3)CC2)C1. The maximum absolute atomic E-state index is 12.9. The van der Waals surface area contributed by atoms with E-state index in [0.29, 0.717) is 36.2 Å². The number of alkyl halides is 3. The highest BCUT2D eigenvalue weighted by atomic mass is 35.5. The van der Waals surface area contributed by atoms with E-state index < -0.39 is 24.3 Å². The van der Waals surface area contributed by atoms with Gasteiger partial charge >= 0.3 is 12.1 Å². The van der Waals surface area contributed by atoms with Crippen LogP contribution in [-0.4, -0.2) is 84.2 Å². The Kier molecular flexibility index (Phi) is 8.44. The first-order chi connectivity index (χ1) is 17.1. The molecule has 0 aromatic heterocycles. The van der Waals surface area contributed by atoms with Gasteiger partial charge in [-0.05, 0) is 35.4 Å². The quantitative estimate of drug-likeness (QED) is 0.515. The van der Waals surface area contributed by atoms with E-state index in [4.69, 9.17) is 27.9 Å². The highest BCUT2D eigenvalue weighted by molar-refractivity contribution is 6.30. The molecule has 2 aliphatic rings. The van der Waals surface area contributed by atoms with Crippen LogP contribution in [0.2, 0.25) is 10.0 Å². The molecule has 6 nitrogen and oxygen atoms in total. The average molecular weight is 544 g/mol. The van der Waals surface area contributed by atoms with Gasteiger partial charge < -0.3 is 9.64 Å². The van der Waals surface area contributed by atoms with Gasteiger partial charge in [-0.15, -0.1) is 0 Å². The molecule has 0 unspecified atom stereocenters. The van der Waals surface area contributed by atoms with E-state index in [1.165, 1.54) is 4.90 Å². The highest BCUT2D eigenvalue weighted by Crippen LogP contribution is 2.26. The molecule has 0 bridgehead atoms. The molecule has 4 rings (SSSR count). The fourth-order valence-corrected chi connectivity index (χ4v) is 4.87. The van der Waals surface area contributed by atoms with Crippen LogP contribution in [0.25, 0.3) is 0 Å². The third-order valence-corrected chi connectivity index (χ3v) is 7.05. The van der Waals surface area contributed by atoms with E-state index in [1.54, 1.807) is 24.3 Å². The lowest BCUT2D eigenvalue weighted by molar-refractivity contribution is -0.206. The van der Waals surface area contributed by atoms with Crippen molar-refractivity contribution in [3.05, 3.63) is 69.7 Å². The first-order valence-electron chi connectivity index (χ1n) is 11.6. The lowest BCUT2D eigenvalue weighted by atomic mass is 10.1. The molecule has 11 heteroatoms. The monoisotopic (exact) mass is 543 g/mol. The van der Waals surface area contributed by atoms with E-state index in [2.05, 4.69) is 4.90 Å². The molecule has 0 N–H and O–H groups in total. The summed E-state index contributed by atoms with van der Waals surface area (Å²) in [6.07, 6.45) is -6.07. The predicted octanol–water partition coefficient (Wildman–Crippen LogP) is 4.04. The second kappa shape index (κ2) is 11.4. The Hall–Kier alpha value is -2.33. The number of likely N-dealkylation sites (tertiary alicyclic amines) is 1. The lowest BCUT2D eigenvalue weighted by Crippen LogP contribution is -2.54. The molecule has 2 saturated heterocycles. The molecule has 2 atom stereocenters. The number of carbonyl (C=O) groups excluding carboxylic acids is 2. The topological polar surface area (TPSA) is 53.1 Å². The number of benzene rings is 2. The van der Waals surface area contributed by atoms with Crippen LogP contribution < -0.4 is 0 Å². The Bertz CT molecular complexity index is 1060. The van der Waals surface area contributed by atoms with Crippen molar-refractivity contribution >= 4 is 35.1 Å². The molecule has 2 heterocycles. The number of rotatable bonds is 6.